The predicted molar refractivity (Wildman–Crippen MR) is 71.9 cm³/mol. The van der Waals surface area contributed by atoms with Crippen LogP contribution in [0.4, 0.5) is 4.39 Å². The van der Waals surface area contributed by atoms with E-state index in [4.69, 9.17) is 0 Å². The van der Waals surface area contributed by atoms with Crippen molar-refractivity contribution in [1.29, 1.82) is 0 Å². The fourth-order valence-electron chi connectivity index (χ4n) is 4.17. The first-order chi connectivity index (χ1) is 8.70. The van der Waals surface area contributed by atoms with E-state index in [0.29, 0.717) is 0 Å². The minimum Gasteiger partial charge on any atom is -0.261 e. The monoisotopic (exact) mass is 254 g/mol. The molecule has 0 aromatic carbocycles. The molecule has 2 heteroatoms. The van der Waals surface area contributed by atoms with Crippen LogP contribution in [0, 0.1) is 23.7 Å². The number of hydrogen-bond donors (Lipinski definition) is 0. The van der Waals surface area contributed by atoms with Crippen LogP contribution in [0.5, 0.6) is 0 Å². The van der Waals surface area contributed by atoms with Gasteiger partial charge < -0.3 is 0 Å². The standard InChI is InChI=1S/C16H27FO/c1-2-3-12-4-6-13(7-5-12)14-8-10-15(11-9-14)16(17)18/h12-15H,2-11H2,1H3. The third kappa shape index (κ3) is 3.55. The van der Waals surface area contributed by atoms with Crippen LogP contribution >= 0.6 is 0 Å². The Morgan fingerprint density at radius 2 is 1.44 bits per heavy atom. The van der Waals surface area contributed by atoms with Gasteiger partial charge in [0.1, 0.15) is 0 Å². The van der Waals surface area contributed by atoms with Crippen molar-refractivity contribution < 1.29 is 9.18 Å². The molecule has 0 aliphatic heterocycles. The normalized spacial score (nSPS) is 37.4. The van der Waals surface area contributed by atoms with Crippen molar-refractivity contribution >= 4 is 6.04 Å². The third-order valence-electron chi connectivity index (χ3n) is 5.35. The first-order valence-corrected chi connectivity index (χ1v) is 7.90. The van der Waals surface area contributed by atoms with Gasteiger partial charge >= 0.3 is 6.04 Å². The van der Waals surface area contributed by atoms with Gasteiger partial charge in [0.2, 0.25) is 0 Å². The maximum Gasteiger partial charge on any atom is 0.304 e. The van der Waals surface area contributed by atoms with Crippen LogP contribution in [0.1, 0.15) is 71.1 Å². The minimum absolute atomic E-state index is 0.266. The third-order valence-corrected chi connectivity index (χ3v) is 5.35. The minimum atomic E-state index is -1.07. The summed E-state index contributed by atoms with van der Waals surface area (Å²) in [5.41, 5.74) is 0. The summed E-state index contributed by atoms with van der Waals surface area (Å²) in [5.74, 6) is 2.35. The van der Waals surface area contributed by atoms with E-state index in [-0.39, 0.29) is 5.92 Å². The molecule has 0 bridgehead atoms. The van der Waals surface area contributed by atoms with Gasteiger partial charge in [-0.1, -0.05) is 32.6 Å². The van der Waals surface area contributed by atoms with Crippen LogP contribution < -0.4 is 0 Å². The summed E-state index contributed by atoms with van der Waals surface area (Å²) in [6, 6.07) is -1.07. The predicted octanol–water partition coefficient (Wildman–Crippen LogP) is 4.90. The Kier molecular flexibility index (Phi) is 5.20. The molecular formula is C16H27FO. The zero-order chi connectivity index (χ0) is 13.0. The highest BCUT2D eigenvalue weighted by Crippen LogP contribution is 2.42. The first kappa shape index (κ1) is 14.0. The van der Waals surface area contributed by atoms with Gasteiger partial charge in [0.25, 0.3) is 0 Å². The Bertz CT molecular complexity index is 260. The molecule has 18 heavy (non-hydrogen) atoms. The Hall–Kier alpha value is -0.400. The number of carbonyl (C=O) groups is 1. The fourth-order valence-corrected chi connectivity index (χ4v) is 4.17. The molecule has 0 heterocycles. The van der Waals surface area contributed by atoms with Crippen LogP contribution in [0.3, 0.4) is 0 Å². The van der Waals surface area contributed by atoms with E-state index >= 15 is 0 Å². The van der Waals surface area contributed by atoms with Gasteiger partial charge in [-0.15, -0.1) is 0 Å². The van der Waals surface area contributed by atoms with Gasteiger partial charge in [-0.2, -0.15) is 4.39 Å². The topological polar surface area (TPSA) is 17.1 Å². The largest absolute Gasteiger partial charge is 0.304 e. The zero-order valence-corrected chi connectivity index (χ0v) is 11.7. The van der Waals surface area contributed by atoms with E-state index in [1.165, 1.54) is 38.5 Å². The summed E-state index contributed by atoms with van der Waals surface area (Å²) < 4.78 is 12.7. The van der Waals surface area contributed by atoms with Crippen LogP contribution in [0.2, 0.25) is 0 Å². The number of halogens is 1. The zero-order valence-electron chi connectivity index (χ0n) is 11.7. The van der Waals surface area contributed by atoms with Crippen molar-refractivity contribution in [3.8, 4) is 0 Å². The van der Waals surface area contributed by atoms with E-state index < -0.39 is 6.04 Å². The molecule has 0 saturated heterocycles. The second-order valence-electron chi connectivity index (χ2n) is 6.49. The molecule has 0 radical (unpaired) electrons. The highest BCUT2D eigenvalue weighted by Gasteiger charge is 2.32. The molecule has 1 nitrogen and oxygen atoms in total. The highest BCUT2D eigenvalue weighted by atomic mass is 19.1. The molecule has 0 aromatic rings. The lowest BCUT2D eigenvalue weighted by Crippen LogP contribution is -2.27. The Labute approximate surface area is 111 Å². The molecule has 104 valence electrons. The average Bonchev–Trinajstić information content (AvgIpc) is 2.40. The molecule has 0 atom stereocenters. The van der Waals surface area contributed by atoms with Crippen molar-refractivity contribution in [2.45, 2.75) is 71.1 Å². The van der Waals surface area contributed by atoms with Crippen molar-refractivity contribution in [2.24, 2.45) is 23.7 Å². The van der Waals surface area contributed by atoms with Crippen molar-refractivity contribution in [2.75, 3.05) is 0 Å². The number of hydrogen-bond acceptors (Lipinski definition) is 1. The van der Waals surface area contributed by atoms with E-state index in [1.54, 1.807) is 0 Å². The van der Waals surface area contributed by atoms with E-state index in [0.717, 1.165) is 43.4 Å². The lowest BCUT2D eigenvalue weighted by molar-refractivity contribution is -0.135. The molecule has 0 aromatic heterocycles. The second-order valence-corrected chi connectivity index (χ2v) is 6.49. The van der Waals surface area contributed by atoms with E-state index in [9.17, 15) is 9.18 Å². The quantitative estimate of drug-likeness (QED) is 0.652. The molecule has 2 rings (SSSR count). The lowest BCUT2D eigenvalue weighted by Gasteiger charge is -2.37. The van der Waals surface area contributed by atoms with Gasteiger partial charge in [0, 0.05) is 5.92 Å². The summed E-state index contributed by atoms with van der Waals surface area (Å²) in [5, 5.41) is 0. The van der Waals surface area contributed by atoms with Crippen molar-refractivity contribution in [1.82, 2.24) is 0 Å². The smallest absolute Gasteiger partial charge is 0.261 e. The van der Waals surface area contributed by atoms with Crippen molar-refractivity contribution in [3.63, 3.8) is 0 Å². The van der Waals surface area contributed by atoms with Crippen molar-refractivity contribution in [3.05, 3.63) is 0 Å². The molecule has 2 aliphatic rings. The number of carbonyl (C=O) groups excluding carboxylic acids is 1. The average molecular weight is 254 g/mol. The van der Waals surface area contributed by atoms with E-state index in [1.807, 2.05) is 0 Å². The number of rotatable bonds is 4. The summed E-state index contributed by atoms with van der Waals surface area (Å²) in [4.78, 5) is 10.7. The highest BCUT2D eigenvalue weighted by molar-refractivity contribution is 5.70. The molecule has 0 amide bonds. The van der Waals surface area contributed by atoms with Crippen LogP contribution in [0.15, 0.2) is 0 Å². The molecule has 2 saturated carbocycles. The molecule has 2 aliphatic carbocycles. The van der Waals surface area contributed by atoms with Gasteiger partial charge in [0.05, 0.1) is 0 Å². The van der Waals surface area contributed by atoms with Crippen LogP contribution in [-0.4, -0.2) is 6.04 Å². The molecule has 0 unspecified atom stereocenters. The maximum absolute atomic E-state index is 12.7. The summed E-state index contributed by atoms with van der Waals surface area (Å²) >= 11 is 0. The second kappa shape index (κ2) is 6.68. The van der Waals surface area contributed by atoms with Crippen LogP contribution in [-0.2, 0) is 4.79 Å². The Morgan fingerprint density at radius 3 is 1.89 bits per heavy atom. The lowest BCUT2D eigenvalue weighted by atomic mass is 9.69. The van der Waals surface area contributed by atoms with Gasteiger partial charge in [-0.05, 0) is 56.3 Å². The molecule has 2 fully saturated rings. The molecular weight excluding hydrogens is 227 g/mol. The Balaban J connectivity index is 1.73. The van der Waals surface area contributed by atoms with Gasteiger partial charge in [-0.25, -0.2) is 0 Å². The van der Waals surface area contributed by atoms with Crippen LogP contribution in [0.25, 0.3) is 0 Å². The first-order valence-electron chi connectivity index (χ1n) is 7.90. The van der Waals surface area contributed by atoms with E-state index in [2.05, 4.69) is 6.92 Å². The fraction of sp³-hybridized carbons (Fsp3) is 0.938. The molecule has 0 spiro atoms. The Morgan fingerprint density at radius 1 is 0.944 bits per heavy atom. The van der Waals surface area contributed by atoms with Gasteiger partial charge in [-0.3, -0.25) is 4.79 Å². The molecule has 0 N–H and O–H groups in total. The SMILES string of the molecule is CCCC1CCC(C2CCC(C(=O)F)CC2)CC1. The summed E-state index contributed by atoms with van der Waals surface area (Å²) in [6.07, 6.45) is 12.1. The summed E-state index contributed by atoms with van der Waals surface area (Å²) in [7, 11) is 0. The van der Waals surface area contributed by atoms with Gasteiger partial charge in [0.15, 0.2) is 0 Å². The summed E-state index contributed by atoms with van der Waals surface area (Å²) in [6.45, 7) is 2.28. The maximum atomic E-state index is 12.7.